The van der Waals surface area contributed by atoms with Gasteiger partial charge in [0.2, 0.25) is 0 Å². The zero-order valence-electron chi connectivity index (χ0n) is 16.2. The summed E-state index contributed by atoms with van der Waals surface area (Å²) < 4.78 is 0. The van der Waals surface area contributed by atoms with Gasteiger partial charge in [-0.15, -0.1) is 0 Å². The molecule has 0 atom stereocenters. The lowest BCUT2D eigenvalue weighted by Crippen LogP contribution is -1.93. The van der Waals surface area contributed by atoms with Gasteiger partial charge in [0.1, 0.15) is 0 Å². The predicted octanol–water partition coefficient (Wildman–Crippen LogP) is 6.67. The van der Waals surface area contributed by atoms with Crippen LogP contribution in [0.5, 0.6) is 0 Å². The summed E-state index contributed by atoms with van der Waals surface area (Å²) in [6, 6.07) is 25.3. The Bertz CT molecular complexity index is 1520. The Hall–Kier alpha value is -4.11. The van der Waals surface area contributed by atoms with E-state index in [0.717, 1.165) is 27.4 Å². The second-order valence-corrected chi connectivity index (χ2v) is 7.33. The fraction of sp³-hybridized carbons (Fsp3) is 0. The Kier molecular flexibility index (Phi) is 3.78. The van der Waals surface area contributed by atoms with E-state index in [1.807, 2.05) is 37.1 Å². The summed E-state index contributed by atoms with van der Waals surface area (Å²) in [5, 5.41) is 5.95. The molecule has 0 aliphatic carbocycles. The second-order valence-electron chi connectivity index (χ2n) is 7.33. The quantitative estimate of drug-likeness (QED) is 0.248. The molecule has 0 amide bonds. The average Bonchev–Trinajstić information content (AvgIpc) is 2.83. The van der Waals surface area contributed by atoms with E-state index in [2.05, 4.69) is 76.7 Å². The summed E-state index contributed by atoms with van der Waals surface area (Å²) in [4.78, 5) is 13.3. The molecule has 3 heterocycles. The first-order valence-corrected chi connectivity index (χ1v) is 9.95. The molecule has 0 aliphatic heterocycles. The molecule has 0 radical (unpaired) electrons. The van der Waals surface area contributed by atoms with E-state index in [0.29, 0.717) is 0 Å². The van der Waals surface area contributed by atoms with Crippen LogP contribution in [-0.2, 0) is 0 Å². The lowest BCUT2D eigenvalue weighted by atomic mass is 9.86. The van der Waals surface area contributed by atoms with Crippen LogP contribution >= 0.6 is 0 Å². The molecule has 0 spiro atoms. The Morgan fingerprint density at radius 2 is 1.00 bits per heavy atom. The highest BCUT2D eigenvalue weighted by Crippen LogP contribution is 2.45. The molecule has 0 saturated heterocycles. The van der Waals surface area contributed by atoms with Crippen LogP contribution in [0, 0.1) is 0 Å². The van der Waals surface area contributed by atoms with Gasteiger partial charge in [0.25, 0.3) is 0 Å². The van der Waals surface area contributed by atoms with Gasteiger partial charge in [0.15, 0.2) is 0 Å². The summed E-state index contributed by atoms with van der Waals surface area (Å²) in [6.07, 6.45) is 9.43. The van der Waals surface area contributed by atoms with Crippen molar-refractivity contribution < 1.29 is 0 Å². The highest BCUT2D eigenvalue weighted by atomic mass is 14.7. The minimum absolute atomic E-state index is 0.997. The monoisotopic (exact) mass is 383 g/mol. The molecule has 30 heavy (non-hydrogen) atoms. The number of para-hydroxylation sites is 1. The van der Waals surface area contributed by atoms with Crippen molar-refractivity contribution in [2.45, 2.75) is 0 Å². The van der Waals surface area contributed by atoms with Crippen LogP contribution in [0.3, 0.4) is 0 Å². The summed E-state index contributed by atoms with van der Waals surface area (Å²) in [5.41, 5.74) is 5.71. The van der Waals surface area contributed by atoms with Crippen LogP contribution in [0.25, 0.3) is 54.7 Å². The smallest absolute Gasteiger partial charge is 0.0708 e. The van der Waals surface area contributed by atoms with Crippen molar-refractivity contribution in [3.05, 3.63) is 104 Å². The maximum Gasteiger partial charge on any atom is 0.0708 e. The Morgan fingerprint density at radius 1 is 0.467 bits per heavy atom. The van der Waals surface area contributed by atoms with E-state index in [1.54, 1.807) is 0 Å². The molecular formula is C27H17N3. The normalized spacial score (nSPS) is 11.3. The number of aromatic nitrogens is 3. The van der Waals surface area contributed by atoms with E-state index in [1.165, 1.54) is 27.3 Å². The largest absolute Gasteiger partial charge is 0.265 e. The maximum atomic E-state index is 4.81. The molecular weight excluding hydrogens is 366 g/mol. The van der Waals surface area contributed by atoms with Gasteiger partial charge in [0, 0.05) is 47.1 Å². The third kappa shape index (κ3) is 2.49. The first-order chi connectivity index (χ1) is 14.9. The van der Waals surface area contributed by atoms with Crippen molar-refractivity contribution >= 4 is 32.4 Å². The zero-order valence-corrected chi connectivity index (χ0v) is 16.2. The van der Waals surface area contributed by atoms with Crippen LogP contribution in [0.15, 0.2) is 104 Å². The lowest BCUT2D eigenvalue weighted by molar-refractivity contribution is 1.33. The fourth-order valence-corrected chi connectivity index (χ4v) is 4.45. The maximum absolute atomic E-state index is 4.81. The molecule has 3 heteroatoms. The van der Waals surface area contributed by atoms with Crippen LogP contribution in [0.2, 0.25) is 0 Å². The van der Waals surface area contributed by atoms with E-state index in [-0.39, 0.29) is 0 Å². The molecule has 140 valence electrons. The van der Waals surface area contributed by atoms with Crippen molar-refractivity contribution in [3.63, 3.8) is 0 Å². The molecule has 3 aromatic carbocycles. The van der Waals surface area contributed by atoms with Crippen molar-refractivity contribution in [1.29, 1.82) is 0 Å². The number of fused-ring (bicyclic) bond motifs is 4. The minimum atomic E-state index is 0.997. The standard InChI is InChI=1S/C27H17N3/c1-2-6-21-20(5-1)25(18-9-13-28-14-10-18)23-17-30-24-8-4-3-7-22(24)27(23)26(21)19-11-15-29-16-12-19/h1-17H. The van der Waals surface area contributed by atoms with Gasteiger partial charge in [-0.1, -0.05) is 42.5 Å². The van der Waals surface area contributed by atoms with Crippen molar-refractivity contribution in [2.24, 2.45) is 0 Å². The number of nitrogens with zero attached hydrogens (tertiary/aromatic N) is 3. The molecule has 0 unspecified atom stereocenters. The molecule has 0 saturated carbocycles. The van der Waals surface area contributed by atoms with Crippen molar-refractivity contribution in [2.75, 3.05) is 0 Å². The van der Waals surface area contributed by atoms with E-state index < -0.39 is 0 Å². The second kappa shape index (κ2) is 6.75. The summed E-state index contributed by atoms with van der Waals surface area (Å²) in [7, 11) is 0. The first kappa shape index (κ1) is 16.8. The first-order valence-electron chi connectivity index (χ1n) is 9.95. The number of pyridine rings is 3. The number of hydrogen-bond acceptors (Lipinski definition) is 3. The fourth-order valence-electron chi connectivity index (χ4n) is 4.45. The Balaban J connectivity index is 1.93. The van der Waals surface area contributed by atoms with E-state index >= 15 is 0 Å². The van der Waals surface area contributed by atoms with Crippen molar-refractivity contribution in [3.8, 4) is 22.3 Å². The van der Waals surface area contributed by atoms with Gasteiger partial charge in [-0.25, -0.2) is 0 Å². The van der Waals surface area contributed by atoms with E-state index in [9.17, 15) is 0 Å². The molecule has 0 fully saturated rings. The lowest BCUT2D eigenvalue weighted by Gasteiger charge is -2.18. The number of hydrogen-bond donors (Lipinski definition) is 0. The van der Waals surface area contributed by atoms with Gasteiger partial charge in [-0.2, -0.15) is 0 Å². The highest BCUT2D eigenvalue weighted by Gasteiger charge is 2.18. The third-order valence-electron chi connectivity index (χ3n) is 5.70. The topological polar surface area (TPSA) is 38.7 Å². The van der Waals surface area contributed by atoms with Gasteiger partial charge in [-0.05, 0) is 63.4 Å². The van der Waals surface area contributed by atoms with Gasteiger partial charge in [-0.3, -0.25) is 15.0 Å². The molecule has 0 bridgehead atoms. The summed E-state index contributed by atoms with van der Waals surface area (Å²) >= 11 is 0. The van der Waals surface area contributed by atoms with Crippen LogP contribution in [0.4, 0.5) is 0 Å². The average molecular weight is 383 g/mol. The molecule has 0 N–H and O–H groups in total. The summed E-state index contributed by atoms with van der Waals surface area (Å²) in [6.45, 7) is 0. The predicted molar refractivity (Wildman–Crippen MR) is 123 cm³/mol. The van der Waals surface area contributed by atoms with Gasteiger partial charge < -0.3 is 0 Å². The Labute approximate surface area is 173 Å². The molecule has 3 aromatic heterocycles. The zero-order chi connectivity index (χ0) is 19.9. The molecule has 0 aliphatic rings. The van der Waals surface area contributed by atoms with Gasteiger partial charge in [0.05, 0.1) is 5.52 Å². The minimum Gasteiger partial charge on any atom is -0.265 e. The van der Waals surface area contributed by atoms with Crippen LogP contribution < -0.4 is 0 Å². The number of rotatable bonds is 2. The van der Waals surface area contributed by atoms with Crippen molar-refractivity contribution in [1.82, 2.24) is 15.0 Å². The van der Waals surface area contributed by atoms with Gasteiger partial charge >= 0.3 is 0 Å². The van der Waals surface area contributed by atoms with Crippen LogP contribution in [0.1, 0.15) is 0 Å². The molecule has 3 nitrogen and oxygen atoms in total. The Morgan fingerprint density at radius 3 is 1.67 bits per heavy atom. The molecule has 6 aromatic rings. The summed E-state index contributed by atoms with van der Waals surface area (Å²) in [5.74, 6) is 0. The number of benzene rings is 3. The molecule has 6 rings (SSSR count). The van der Waals surface area contributed by atoms with E-state index in [4.69, 9.17) is 4.98 Å². The third-order valence-corrected chi connectivity index (χ3v) is 5.70. The van der Waals surface area contributed by atoms with Crippen LogP contribution in [-0.4, -0.2) is 15.0 Å². The highest BCUT2D eigenvalue weighted by molar-refractivity contribution is 6.27. The SMILES string of the molecule is c1ccc2c(c1)ncc1c(-c3ccncc3)c3ccccc3c(-c3ccncc3)c12.